The topological polar surface area (TPSA) is 74.1 Å². The van der Waals surface area contributed by atoms with Crippen molar-refractivity contribution in [2.75, 3.05) is 11.9 Å². The van der Waals surface area contributed by atoms with Crippen LogP contribution in [0.2, 0.25) is 25.7 Å². The number of halogens is 3. The Labute approximate surface area is 226 Å². The van der Waals surface area contributed by atoms with Gasteiger partial charge in [-0.2, -0.15) is 13.2 Å². The Morgan fingerprint density at radius 2 is 1.69 bits per heavy atom. The first-order valence-corrected chi connectivity index (χ1v) is 16.0. The summed E-state index contributed by atoms with van der Waals surface area (Å²) in [4.78, 5) is 16.3. The van der Waals surface area contributed by atoms with Gasteiger partial charge in [0.2, 0.25) is 0 Å². The van der Waals surface area contributed by atoms with Gasteiger partial charge in [0.05, 0.1) is 11.1 Å². The molecule has 0 atom stereocenters. The smallest absolute Gasteiger partial charge is 0.418 e. The highest BCUT2D eigenvalue weighted by atomic mass is 28.3. The minimum Gasteiger partial charge on any atom is -0.457 e. The fourth-order valence-corrected chi connectivity index (χ4v) is 4.23. The Morgan fingerprint density at radius 1 is 1.05 bits per heavy atom. The predicted octanol–water partition coefficient (Wildman–Crippen LogP) is 8.20. The van der Waals surface area contributed by atoms with Crippen LogP contribution in [0.3, 0.4) is 0 Å². The average Bonchev–Trinajstić information content (AvgIpc) is 3.22. The molecule has 7 nitrogen and oxygen atoms in total. The number of carbonyl (C=O) groups is 1. The first-order valence-electron chi connectivity index (χ1n) is 12.2. The van der Waals surface area contributed by atoms with Crippen molar-refractivity contribution in [3.63, 3.8) is 0 Å². The van der Waals surface area contributed by atoms with Crippen LogP contribution in [0, 0.1) is 0 Å². The van der Waals surface area contributed by atoms with Gasteiger partial charge in [0.1, 0.15) is 29.8 Å². The van der Waals surface area contributed by atoms with Crippen LogP contribution in [0.5, 0.6) is 11.5 Å². The summed E-state index contributed by atoms with van der Waals surface area (Å²) in [6, 6.07) is 15.5. The fraction of sp³-hybridized carbons (Fsp3) is 0.286. The van der Waals surface area contributed by atoms with Gasteiger partial charge in [-0.05, 0) is 49.4 Å². The summed E-state index contributed by atoms with van der Waals surface area (Å²) in [6.07, 6.45) is -2.99. The number of hydrogen-bond acceptors (Lipinski definition) is 5. The molecule has 0 spiro atoms. The lowest BCUT2D eigenvalue weighted by Crippen LogP contribution is -2.22. The molecule has 3 aromatic rings. The third-order valence-electron chi connectivity index (χ3n) is 5.41. The van der Waals surface area contributed by atoms with Crippen molar-refractivity contribution in [1.82, 2.24) is 4.57 Å². The van der Waals surface area contributed by atoms with Crippen LogP contribution >= 0.6 is 0 Å². The number of carbonyl (C=O) groups excluding carboxylic acids is 1. The van der Waals surface area contributed by atoms with Crippen molar-refractivity contribution < 1.29 is 32.2 Å². The second-order valence-electron chi connectivity index (χ2n) is 9.82. The van der Waals surface area contributed by atoms with Crippen LogP contribution < -0.4 is 14.8 Å². The maximum atomic E-state index is 14.0. The van der Waals surface area contributed by atoms with E-state index in [4.69, 9.17) is 14.2 Å². The van der Waals surface area contributed by atoms with Crippen molar-refractivity contribution in [1.29, 1.82) is 0 Å². The molecule has 0 saturated heterocycles. The summed E-state index contributed by atoms with van der Waals surface area (Å²) in [7, 11) is -1.36. The van der Waals surface area contributed by atoms with Crippen LogP contribution in [0.1, 0.15) is 18.1 Å². The molecule has 0 aliphatic carbocycles. The number of anilines is 1. The van der Waals surface area contributed by atoms with Crippen LogP contribution in [-0.4, -0.2) is 31.6 Å². The monoisotopic (exact) mass is 559 g/mol. The molecule has 2 aromatic carbocycles. The molecule has 0 unspecified atom stereocenters. The van der Waals surface area contributed by atoms with E-state index in [1.54, 1.807) is 37.3 Å². The zero-order valence-electron chi connectivity index (χ0n) is 22.3. The molecule has 0 bridgehead atoms. The Bertz CT molecular complexity index is 1300. The third-order valence-corrected chi connectivity index (χ3v) is 7.11. The number of nitrogens with zero attached hydrogens (tertiary/aromatic N) is 2. The molecule has 0 fully saturated rings. The number of para-hydroxylation sites is 1. The Hall–Kier alpha value is -3.83. The van der Waals surface area contributed by atoms with E-state index in [0.717, 1.165) is 12.2 Å². The van der Waals surface area contributed by atoms with E-state index in [1.807, 2.05) is 0 Å². The maximum Gasteiger partial charge on any atom is 0.418 e. The Balaban J connectivity index is 1.75. The number of benzene rings is 2. The highest BCUT2D eigenvalue weighted by Crippen LogP contribution is 2.41. The van der Waals surface area contributed by atoms with Crippen molar-refractivity contribution in [3.05, 3.63) is 78.5 Å². The van der Waals surface area contributed by atoms with Crippen molar-refractivity contribution in [2.45, 2.75) is 45.5 Å². The molecule has 39 heavy (non-hydrogen) atoms. The molecular weight excluding hydrogens is 527 g/mol. The molecular formula is C28H32F3N3O4Si. The second kappa shape index (κ2) is 12.8. The average molecular weight is 560 g/mol. The summed E-state index contributed by atoms with van der Waals surface area (Å²) in [5, 5.41) is 2.57. The van der Waals surface area contributed by atoms with Crippen LogP contribution in [0.25, 0.3) is 5.76 Å². The first kappa shape index (κ1) is 29.7. The largest absolute Gasteiger partial charge is 0.457 e. The van der Waals surface area contributed by atoms with Gasteiger partial charge < -0.3 is 18.8 Å². The van der Waals surface area contributed by atoms with Gasteiger partial charge >= 0.3 is 12.3 Å². The van der Waals surface area contributed by atoms with Crippen LogP contribution in [0.4, 0.5) is 29.5 Å². The van der Waals surface area contributed by atoms with Gasteiger partial charge in [-0.3, -0.25) is 5.32 Å². The molecule has 208 valence electrons. The molecule has 0 saturated carbocycles. The SMILES string of the molecule is C=C(Oc1ccc(NC(=O)Oc2ccccc2)cc1)c1c(C(F)(F)F)cn(COCC[Si](C)(C)C)c1/N=C\C. The second-order valence-corrected chi connectivity index (χ2v) is 15.4. The van der Waals surface area contributed by atoms with Crippen LogP contribution in [-0.2, 0) is 17.6 Å². The lowest BCUT2D eigenvalue weighted by Gasteiger charge is -2.16. The number of rotatable bonds is 11. The van der Waals surface area contributed by atoms with E-state index in [1.165, 1.54) is 35.0 Å². The predicted molar refractivity (Wildman–Crippen MR) is 150 cm³/mol. The van der Waals surface area contributed by atoms with Crippen LogP contribution in [0.15, 0.2) is 72.4 Å². The highest BCUT2D eigenvalue weighted by molar-refractivity contribution is 6.76. The Morgan fingerprint density at radius 3 is 2.28 bits per heavy atom. The number of amides is 1. The molecule has 1 heterocycles. The van der Waals surface area contributed by atoms with Gasteiger partial charge in [-0.15, -0.1) is 0 Å². The highest BCUT2D eigenvalue weighted by Gasteiger charge is 2.38. The number of aromatic nitrogens is 1. The molecule has 11 heteroatoms. The van der Waals surface area contributed by atoms with E-state index in [2.05, 4.69) is 36.5 Å². The Kier molecular flexibility index (Phi) is 9.76. The fourth-order valence-electron chi connectivity index (χ4n) is 3.47. The molecule has 0 aliphatic heterocycles. The summed E-state index contributed by atoms with van der Waals surface area (Å²) < 4.78 is 59.9. The molecule has 3 rings (SSSR count). The van der Waals surface area contributed by atoms with E-state index in [9.17, 15) is 18.0 Å². The molecule has 0 radical (unpaired) electrons. The van der Waals surface area contributed by atoms with E-state index in [0.29, 0.717) is 18.0 Å². The number of ether oxygens (including phenoxy) is 3. The zero-order chi connectivity index (χ0) is 28.6. The number of alkyl halides is 3. The number of hydrogen-bond donors (Lipinski definition) is 1. The van der Waals surface area contributed by atoms with E-state index in [-0.39, 0.29) is 29.6 Å². The molecule has 1 N–H and O–H groups in total. The van der Waals surface area contributed by atoms with Gasteiger partial charge in [-0.1, -0.05) is 44.4 Å². The maximum absolute atomic E-state index is 14.0. The molecule has 1 aromatic heterocycles. The van der Waals surface area contributed by atoms with Crippen molar-refractivity contribution in [2.24, 2.45) is 4.99 Å². The molecule has 1 amide bonds. The summed E-state index contributed by atoms with van der Waals surface area (Å²) in [6.45, 7) is 12.3. The lowest BCUT2D eigenvalue weighted by molar-refractivity contribution is -0.137. The quantitative estimate of drug-likeness (QED) is 0.111. The number of aliphatic imine (C=N–C) groups is 1. The summed E-state index contributed by atoms with van der Waals surface area (Å²) >= 11 is 0. The van der Waals surface area contributed by atoms with Gasteiger partial charge in [0, 0.05) is 32.8 Å². The van der Waals surface area contributed by atoms with Gasteiger partial charge in [-0.25, -0.2) is 9.79 Å². The first-order chi connectivity index (χ1) is 18.4. The molecule has 0 aliphatic rings. The minimum atomic E-state index is -4.67. The zero-order valence-corrected chi connectivity index (χ0v) is 23.3. The summed E-state index contributed by atoms with van der Waals surface area (Å²) in [5.74, 6) is 0.407. The van der Waals surface area contributed by atoms with Crippen molar-refractivity contribution in [3.8, 4) is 11.5 Å². The number of nitrogens with one attached hydrogen (secondary N) is 1. The van der Waals surface area contributed by atoms with E-state index < -0.39 is 25.9 Å². The lowest BCUT2D eigenvalue weighted by atomic mass is 10.1. The standard InChI is InChI=1S/C28H32F3N3O4Si/c1-6-32-26-25(24(28(29,30)31)18-34(26)19-36-16-17-39(3,4)5)20(2)37-23-14-12-21(13-15-23)33-27(35)38-22-10-8-7-9-11-22/h6-15,18H,2,16-17,19H2,1,3-5H3,(H,33,35)/b32-6-. The summed E-state index contributed by atoms with van der Waals surface area (Å²) in [5.41, 5.74) is -0.797. The van der Waals surface area contributed by atoms with E-state index >= 15 is 0 Å². The normalized spacial score (nSPS) is 12.0. The van der Waals surface area contributed by atoms with Crippen molar-refractivity contribution >= 4 is 37.6 Å². The third kappa shape index (κ3) is 8.86. The minimum absolute atomic E-state index is 0.0322. The van der Waals surface area contributed by atoms with Gasteiger partial charge in [0.15, 0.2) is 0 Å². The van der Waals surface area contributed by atoms with Gasteiger partial charge in [0.25, 0.3) is 0 Å².